The summed E-state index contributed by atoms with van der Waals surface area (Å²) < 4.78 is 1.95. The van der Waals surface area contributed by atoms with Crippen LogP contribution in [0.1, 0.15) is 38.5 Å². The number of carboxylic acid groups (broad SMARTS) is 1. The number of aliphatic carboxylic acids is 1. The zero-order valence-corrected chi connectivity index (χ0v) is 10.2. The predicted molar refractivity (Wildman–Crippen MR) is 62.7 cm³/mol. The van der Waals surface area contributed by atoms with Crippen LogP contribution in [0.25, 0.3) is 0 Å². The quantitative estimate of drug-likeness (QED) is 0.863. The molecular weight excluding hydrogens is 230 g/mol. The van der Waals surface area contributed by atoms with Crippen molar-refractivity contribution in [1.82, 2.24) is 14.8 Å². The van der Waals surface area contributed by atoms with Gasteiger partial charge in [0.05, 0.1) is 11.0 Å². The smallest absolute Gasteiger partial charge is 0.309 e. The Morgan fingerprint density at radius 1 is 1.28 bits per heavy atom. The van der Waals surface area contributed by atoms with Crippen molar-refractivity contribution in [3.05, 3.63) is 12.7 Å². The van der Waals surface area contributed by atoms with Gasteiger partial charge in [-0.3, -0.25) is 4.79 Å². The third-order valence-electron chi connectivity index (χ3n) is 5.39. The van der Waals surface area contributed by atoms with Gasteiger partial charge in [0.1, 0.15) is 12.7 Å². The molecule has 4 saturated carbocycles. The van der Waals surface area contributed by atoms with E-state index in [4.69, 9.17) is 0 Å². The summed E-state index contributed by atoms with van der Waals surface area (Å²) in [5.41, 5.74) is -0.561. The average molecular weight is 247 g/mol. The second-order valence-corrected chi connectivity index (χ2v) is 6.61. The number of rotatable bonds is 2. The molecule has 4 bridgehead atoms. The lowest BCUT2D eigenvalue weighted by atomic mass is 9.47. The van der Waals surface area contributed by atoms with Crippen molar-refractivity contribution in [1.29, 1.82) is 0 Å². The molecular formula is C13H17N3O2. The maximum absolute atomic E-state index is 11.7. The minimum absolute atomic E-state index is 0.0705. The van der Waals surface area contributed by atoms with E-state index in [1.54, 1.807) is 12.7 Å². The number of hydrogen-bond acceptors (Lipinski definition) is 3. The molecule has 5 heteroatoms. The Bertz CT molecular complexity index is 482. The van der Waals surface area contributed by atoms with Crippen LogP contribution in [0.15, 0.2) is 12.7 Å². The highest BCUT2D eigenvalue weighted by atomic mass is 16.4. The van der Waals surface area contributed by atoms with Crippen LogP contribution in [0, 0.1) is 17.3 Å². The molecule has 18 heavy (non-hydrogen) atoms. The van der Waals surface area contributed by atoms with Crippen LogP contribution in [0.5, 0.6) is 0 Å². The van der Waals surface area contributed by atoms with Gasteiger partial charge in [-0.05, 0) is 50.4 Å². The van der Waals surface area contributed by atoms with Gasteiger partial charge in [-0.25, -0.2) is 9.67 Å². The minimum atomic E-state index is -0.596. The molecule has 96 valence electrons. The Balaban J connectivity index is 1.81. The van der Waals surface area contributed by atoms with Crippen molar-refractivity contribution < 1.29 is 9.90 Å². The summed E-state index contributed by atoms with van der Waals surface area (Å²) in [5.74, 6) is 0.527. The van der Waals surface area contributed by atoms with Crippen molar-refractivity contribution in [3.8, 4) is 0 Å². The fourth-order valence-electron chi connectivity index (χ4n) is 5.19. The van der Waals surface area contributed by atoms with E-state index in [-0.39, 0.29) is 5.54 Å². The molecule has 0 amide bonds. The Morgan fingerprint density at radius 3 is 2.56 bits per heavy atom. The van der Waals surface area contributed by atoms with Gasteiger partial charge in [0, 0.05) is 0 Å². The van der Waals surface area contributed by atoms with E-state index in [1.807, 2.05) is 4.68 Å². The third kappa shape index (κ3) is 1.19. The number of carbonyl (C=O) groups is 1. The summed E-state index contributed by atoms with van der Waals surface area (Å²) in [6.45, 7) is 0. The lowest BCUT2D eigenvalue weighted by Gasteiger charge is -2.60. The number of hydrogen-bond donors (Lipinski definition) is 1. The summed E-state index contributed by atoms with van der Waals surface area (Å²) in [7, 11) is 0. The first-order valence-corrected chi connectivity index (χ1v) is 6.70. The molecule has 1 aromatic heterocycles. The van der Waals surface area contributed by atoms with Crippen LogP contribution in [-0.4, -0.2) is 25.8 Å². The van der Waals surface area contributed by atoms with E-state index in [1.165, 1.54) is 6.42 Å². The molecule has 5 rings (SSSR count). The topological polar surface area (TPSA) is 68.0 Å². The minimum Gasteiger partial charge on any atom is -0.481 e. The molecule has 2 unspecified atom stereocenters. The fourth-order valence-corrected chi connectivity index (χ4v) is 5.19. The lowest BCUT2D eigenvalue weighted by molar-refractivity contribution is -0.173. The van der Waals surface area contributed by atoms with Crippen LogP contribution >= 0.6 is 0 Å². The van der Waals surface area contributed by atoms with Gasteiger partial charge in [-0.15, -0.1) is 0 Å². The highest BCUT2D eigenvalue weighted by molar-refractivity contribution is 5.75. The maximum atomic E-state index is 11.7. The molecule has 5 nitrogen and oxygen atoms in total. The van der Waals surface area contributed by atoms with Gasteiger partial charge < -0.3 is 5.11 Å². The van der Waals surface area contributed by atoms with E-state index in [9.17, 15) is 9.90 Å². The Morgan fingerprint density at radius 2 is 2.00 bits per heavy atom. The Labute approximate surface area is 105 Å². The molecule has 1 heterocycles. The molecule has 0 spiro atoms. The van der Waals surface area contributed by atoms with E-state index in [0.29, 0.717) is 11.8 Å². The zero-order chi connectivity index (χ0) is 12.4. The number of aromatic nitrogens is 3. The normalized spacial score (nSPS) is 45.3. The van der Waals surface area contributed by atoms with Gasteiger partial charge >= 0.3 is 5.97 Å². The average Bonchev–Trinajstić information content (AvgIpc) is 2.80. The summed E-state index contributed by atoms with van der Waals surface area (Å²) in [6, 6.07) is 0. The molecule has 0 aliphatic heterocycles. The van der Waals surface area contributed by atoms with Crippen molar-refractivity contribution in [2.75, 3.05) is 0 Å². The molecule has 4 fully saturated rings. The molecule has 4 aliphatic rings. The molecule has 1 N–H and O–H groups in total. The van der Waals surface area contributed by atoms with Crippen LogP contribution in [-0.2, 0) is 10.3 Å². The van der Waals surface area contributed by atoms with Crippen LogP contribution in [0.2, 0.25) is 0 Å². The van der Waals surface area contributed by atoms with Crippen molar-refractivity contribution in [2.45, 2.75) is 44.1 Å². The Kier molecular flexibility index (Phi) is 1.83. The summed E-state index contributed by atoms with van der Waals surface area (Å²) in [4.78, 5) is 15.8. The summed E-state index contributed by atoms with van der Waals surface area (Å²) >= 11 is 0. The van der Waals surface area contributed by atoms with Crippen molar-refractivity contribution in [3.63, 3.8) is 0 Å². The van der Waals surface area contributed by atoms with Gasteiger partial charge in [-0.2, -0.15) is 5.10 Å². The first-order valence-electron chi connectivity index (χ1n) is 6.70. The van der Waals surface area contributed by atoms with E-state index >= 15 is 0 Å². The second kappa shape index (κ2) is 3.13. The molecule has 0 aromatic carbocycles. The molecule has 0 radical (unpaired) electrons. The summed E-state index contributed by atoms with van der Waals surface area (Å²) in [5, 5.41) is 14.0. The predicted octanol–water partition coefficient (Wildman–Crippen LogP) is 1.66. The molecule has 4 aliphatic carbocycles. The highest BCUT2D eigenvalue weighted by Gasteiger charge is 2.61. The molecule has 0 saturated heterocycles. The van der Waals surface area contributed by atoms with Crippen LogP contribution < -0.4 is 0 Å². The first-order chi connectivity index (χ1) is 8.62. The molecule has 1 aromatic rings. The molecule has 4 atom stereocenters. The van der Waals surface area contributed by atoms with Crippen molar-refractivity contribution in [2.24, 2.45) is 17.3 Å². The maximum Gasteiger partial charge on any atom is 0.309 e. The van der Waals surface area contributed by atoms with E-state index in [0.717, 1.165) is 32.1 Å². The zero-order valence-electron chi connectivity index (χ0n) is 10.2. The standard InChI is InChI=1S/C13H17N3O2/c17-11(18)12-2-9-1-10(3-12)5-13(4-9,6-12)16-8-14-7-15-16/h7-10H,1-6H2,(H,17,18)/t9-,10+,12?,13?. The SMILES string of the molecule is O=C(O)C12C[C@H]3C[C@@H](C1)CC(n1cncn1)(C3)C2. The van der Waals surface area contributed by atoms with Crippen LogP contribution in [0.3, 0.4) is 0 Å². The van der Waals surface area contributed by atoms with E-state index in [2.05, 4.69) is 10.1 Å². The van der Waals surface area contributed by atoms with Gasteiger partial charge in [-0.1, -0.05) is 0 Å². The number of nitrogens with zero attached hydrogens (tertiary/aromatic N) is 3. The Hall–Kier alpha value is -1.39. The van der Waals surface area contributed by atoms with Crippen LogP contribution in [0.4, 0.5) is 0 Å². The third-order valence-corrected chi connectivity index (χ3v) is 5.39. The monoisotopic (exact) mass is 247 g/mol. The van der Waals surface area contributed by atoms with Gasteiger partial charge in [0.15, 0.2) is 0 Å². The fraction of sp³-hybridized carbons (Fsp3) is 0.769. The highest BCUT2D eigenvalue weighted by Crippen LogP contribution is 2.64. The number of carboxylic acids is 1. The van der Waals surface area contributed by atoms with E-state index < -0.39 is 11.4 Å². The van der Waals surface area contributed by atoms with Gasteiger partial charge in [0.2, 0.25) is 0 Å². The second-order valence-electron chi connectivity index (χ2n) is 6.61. The van der Waals surface area contributed by atoms with Gasteiger partial charge in [0.25, 0.3) is 0 Å². The first kappa shape index (κ1) is 10.5. The largest absolute Gasteiger partial charge is 0.481 e. The van der Waals surface area contributed by atoms with Crippen molar-refractivity contribution >= 4 is 5.97 Å². The lowest BCUT2D eigenvalue weighted by Crippen LogP contribution is -2.59. The summed E-state index contributed by atoms with van der Waals surface area (Å²) in [6.07, 6.45) is 9.19.